The molecule has 0 aliphatic carbocycles. The van der Waals surface area contributed by atoms with Crippen molar-refractivity contribution in [1.29, 1.82) is 0 Å². The minimum atomic E-state index is -0.550. The standard InChI is InChI=1S/C22H35N3O5/c1-7-29-20(27)18-14(2)19(24-15(18)3)17(26)13-25-11-9-8-10-16(25)12-23-21(28)30-22(4,5)6/h16,24H,7-13H2,1-6H3,(H,23,28). The van der Waals surface area contributed by atoms with Gasteiger partial charge in [0.25, 0.3) is 0 Å². The van der Waals surface area contributed by atoms with Crippen LogP contribution in [0.4, 0.5) is 4.79 Å². The van der Waals surface area contributed by atoms with Crippen molar-refractivity contribution in [3.63, 3.8) is 0 Å². The number of amides is 1. The molecule has 1 aliphatic rings. The number of H-pyrrole nitrogens is 1. The van der Waals surface area contributed by atoms with Crippen molar-refractivity contribution >= 4 is 17.8 Å². The van der Waals surface area contributed by atoms with Crippen LogP contribution < -0.4 is 5.32 Å². The lowest BCUT2D eigenvalue weighted by Crippen LogP contribution is -2.49. The Morgan fingerprint density at radius 3 is 2.53 bits per heavy atom. The van der Waals surface area contributed by atoms with Crippen LogP contribution in [-0.2, 0) is 9.47 Å². The number of aryl methyl sites for hydroxylation is 1. The topological polar surface area (TPSA) is 101 Å². The molecule has 0 aromatic carbocycles. The molecule has 0 radical (unpaired) electrons. The molecule has 30 heavy (non-hydrogen) atoms. The summed E-state index contributed by atoms with van der Waals surface area (Å²) in [6, 6.07) is 0.0658. The predicted molar refractivity (Wildman–Crippen MR) is 114 cm³/mol. The number of piperidine rings is 1. The van der Waals surface area contributed by atoms with Crippen LogP contribution in [0, 0.1) is 13.8 Å². The molecule has 1 aromatic rings. The van der Waals surface area contributed by atoms with Gasteiger partial charge in [0.15, 0.2) is 5.78 Å². The van der Waals surface area contributed by atoms with E-state index in [2.05, 4.69) is 15.2 Å². The van der Waals surface area contributed by atoms with Gasteiger partial charge in [-0.3, -0.25) is 9.69 Å². The molecule has 2 rings (SSSR count). The van der Waals surface area contributed by atoms with Gasteiger partial charge in [0, 0.05) is 18.3 Å². The number of alkyl carbamates (subject to hydrolysis) is 1. The van der Waals surface area contributed by atoms with E-state index in [9.17, 15) is 14.4 Å². The number of hydrogen-bond donors (Lipinski definition) is 2. The number of hydrogen-bond acceptors (Lipinski definition) is 6. The quantitative estimate of drug-likeness (QED) is 0.517. The van der Waals surface area contributed by atoms with Gasteiger partial charge >= 0.3 is 12.1 Å². The number of ketones is 1. The van der Waals surface area contributed by atoms with Crippen LogP contribution in [0.3, 0.4) is 0 Å². The lowest BCUT2D eigenvalue weighted by atomic mass is 10.0. The summed E-state index contributed by atoms with van der Waals surface area (Å²) in [5.74, 6) is -0.490. The maximum Gasteiger partial charge on any atom is 0.407 e. The Hall–Kier alpha value is -2.35. The first kappa shape index (κ1) is 23.9. The highest BCUT2D eigenvalue weighted by atomic mass is 16.6. The summed E-state index contributed by atoms with van der Waals surface area (Å²) >= 11 is 0. The predicted octanol–water partition coefficient (Wildman–Crippen LogP) is 3.37. The SMILES string of the molecule is CCOC(=O)c1c(C)[nH]c(C(=O)CN2CCCCC2CNC(=O)OC(C)(C)C)c1C. The number of aromatic nitrogens is 1. The molecule has 1 atom stereocenters. The Bertz CT molecular complexity index is 778. The molecule has 1 aromatic heterocycles. The Morgan fingerprint density at radius 2 is 1.90 bits per heavy atom. The van der Waals surface area contributed by atoms with E-state index in [0.717, 1.165) is 25.8 Å². The molecule has 168 valence electrons. The van der Waals surface area contributed by atoms with Gasteiger partial charge in [0.05, 0.1) is 24.4 Å². The third-order valence-corrected chi connectivity index (χ3v) is 5.17. The maximum atomic E-state index is 13.0. The van der Waals surface area contributed by atoms with Crippen molar-refractivity contribution in [2.45, 2.75) is 72.4 Å². The third kappa shape index (κ3) is 6.32. The molecule has 8 heteroatoms. The summed E-state index contributed by atoms with van der Waals surface area (Å²) < 4.78 is 10.4. The smallest absolute Gasteiger partial charge is 0.407 e. The largest absolute Gasteiger partial charge is 0.462 e. The number of rotatable bonds is 7. The van der Waals surface area contributed by atoms with E-state index >= 15 is 0 Å². The van der Waals surface area contributed by atoms with E-state index < -0.39 is 17.7 Å². The highest BCUT2D eigenvalue weighted by Crippen LogP contribution is 2.22. The zero-order valence-corrected chi connectivity index (χ0v) is 19.0. The van der Waals surface area contributed by atoms with Crippen LogP contribution in [-0.4, -0.2) is 65.6 Å². The van der Waals surface area contributed by atoms with Gasteiger partial charge in [-0.25, -0.2) is 9.59 Å². The van der Waals surface area contributed by atoms with Crippen LogP contribution in [0.15, 0.2) is 0 Å². The van der Waals surface area contributed by atoms with E-state index in [0.29, 0.717) is 29.1 Å². The van der Waals surface area contributed by atoms with Crippen molar-refractivity contribution in [1.82, 2.24) is 15.2 Å². The molecule has 1 unspecified atom stereocenters. The number of Topliss-reactive ketones (excluding diaryl/α,β-unsaturated/α-hetero) is 1. The van der Waals surface area contributed by atoms with Crippen LogP contribution >= 0.6 is 0 Å². The van der Waals surface area contributed by atoms with E-state index in [4.69, 9.17) is 9.47 Å². The van der Waals surface area contributed by atoms with Crippen molar-refractivity contribution in [2.75, 3.05) is 26.2 Å². The van der Waals surface area contributed by atoms with Crippen molar-refractivity contribution in [2.24, 2.45) is 0 Å². The zero-order chi connectivity index (χ0) is 22.5. The Balaban J connectivity index is 2.04. The summed E-state index contributed by atoms with van der Waals surface area (Å²) in [6.45, 7) is 12.5. The van der Waals surface area contributed by atoms with Gasteiger partial charge in [0.1, 0.15) is 5.60 Å². The zero-order valence-electron chi connectivity index (χ0n) is 19.0. The maximum absolute atomic E-state index is 13.0. The Labute approximate surface area is 178 Å². The average molecular weight is 422 g/mol. The lowest BCUT2D eigenvalue weighted by molar-refractivity contribution is 0.0491. The van der Waals surface area contributed by atoms with E-state index in [-0.39, 0.29) is 25.0 Å². The van der Waals surface area contributed by atoms with E-state index in [1.54, 1.807) is 20.8 Å². The second-order valence-corrected chi connectivity index (χ2v) is 8.77. The number of carbonyl (C=O) groups is 3. The van der Waals surface area contributed by atoms with Gasteiger partial charge in [-0.15, -0.1) is 0 Å². The first-order valence-corrected chi connectivity index (χ1v) is 10.6. The molecule has 0 bridgehead atoms. The minimum absolute atomic E-state index is 0.0658. The molecule has 1 amide bonds. The number of nitrogens with zero attached hydrogens (tertiary/aromatic N) is 1. The molecule has 0 spiro atoms. The normalized spacial score (nSPS) is 17.5. The van der Waals surface area contributed by atoms with Gasteiger partial charge < -0.3 is 19.8 Å². The van der Waals surface area contributed by atoms with Crippen LogP contribution in [0.25, 0.3) is 0 Å². The van der Waals surface area contributed by atoms with E-state index in [1.165, 1.54) is 0 Å². The van der Waals surface area contributed by atoms with Gasteiger partial charge in [-0.1, -0.05) is 6.42 Å². The molecule has 2 heterocycles. The summed E-state index contributed by atoms with van der Waals surface area (Å²) in [4.78, 5) is 42.4. The molecule has 2 N–H and O–H groups in total. The minimum Gasteiger partial charge on any atom is -0.462 e. The van der Waals surface area contributed by atoms with Gasteiger partial charge in [-0.05, 0) is 66.5 Å². The highest BCUT2D eigenvalue weighted by molar-refractivity contribution is 6.02. The van der Waals surface area contributed by atoms with Crippen molar-refractivity contribution in [3.05, 3.63) is 22.5 Å². The molecule has 0 saturated carbocycles. The van der Waals surface area contributed by atoms with Crippen LogP contribution in [0.1, 0.15) is 79.1 Å². The molecular weight excluding hydrogens is 386 g/mol. The number of nitrogens with one attached hydrogen (secondary N) is 2. The first-order chi connectivity index (χ1) is 14.0. The molecular formula is C22H35N3O5. The summed E-state index contributed by atoms with van der Waals surface area (Å²) in [5, 5.41) is 2.82. The summed E-state index contributed by atoms with van der Waals surface area (Å²) in [6.07, 6.45) is 2.51. The van der Waals surface area contributed by atoms with Crippen molar-refractivity contribution in [3.8, 4) is 0 Å². The lowest BCUT2D eigenvalue weighted by Gasteiger charge is -2.35. The Morgan fingerprint density at radius 1 is 1.20 bits per heavy atom. The number of esters is 1. The Kier molecular flexibility index (Phi) is 8.06. The summed E-state index contributed by atoms with van der Waals surface area (Å²) in [7, 11) is 0. The fourth-order valence-electron chi connectivity index (χ4n) is 3.82. The number of aromatic amines is 1. The van der Waals surface area contributed by atoms with Crippen LogP contribution in [0.5, 0.6) is 0 Å². The number of carbonyl (C=O) groups excluding carboxylic acids is 3. The van der Waals surface area contributed by atoms with E-state index in [1.807, 2.05) is 20.8 Å². The first-order valence-electron chi connectivity index (χ1n) is 10.6. The average Bonchev–Trinajstić information content (AvgIpc) is 2.94. The monoisotopic (exact) mass is 421 g/mol. The third-order valence-electron chi connectivity index (χ3n) is 5.17. The second kappa shape index (κ2) is 10.1. The second-order valence-electron chi connectivity index (χ2n) is 8.77. The van der Waals surface area contributed by atoms with Crippen LogP contribution in [0.2, 0.25) is 0 Å². The van der Waals surface area contributed by atoms with Gasteiger partial charge in [0.2, 0.25) is 0 Å². The van der Waals surface area contributed by atoms with Crippen molar-refractivity contribution < 1.29 is 23.9 Å². The molecule has 1 aliphatic heterocycles. The van der Waals surface area contributed by atoms with Gasteiger partial charge in [-0.2, -0.15) is 0 Å². The molecule has 1 saturated heterocycles. The molecule has 1 fully saturated rings. The number of likely N-dealkylation sites (tertiary alicyclic amines) is 1. The number of ether oxygens (including phenoxy) is 2. The fourth-order valence-corrected chi connectivity index (χ4v) is 3.82. The fraction of sp³-hybridized carbons (Fsp3) is 0.682. The molecule has 8 nitrogen and oxygen atoms in total. The summed E-state index contributed by atoms with van der Waals surface area (Å²) in [5.41, 5.74) is 1.58. The highest BCUT2D eigenvalue weighted by Gasteiger charge is 2.28.